The first-order valence-electron chi connectivity index (χ1n) is 6.43. The lowest BCUT2D eigenvalue weighted by molar-refractivity contribution is 0.599. The normalized spacial score (nSPS) is 11.3. The molecule has 0 N–H and O–H groups in total. The van der Waals surface area contributed by atoms with Crippen molar-refractivity contribution in [2.45, 2.75) is 6.92 Å². The minimum atomic E-state index is -3.49. The van der Waals surface area contributed by atoms with Crippen LogP contribution in [0.25, 0.3) is 16.8 Å². The molecule has 2 aromatic rings. The molecular weight excluding hydrogens is 305 g/mol. The molecule has 1 aromatic carbocycles. The van der Waals surface area contributed by atoms with E-state index in [4.69, 9.17) is 0 Å². The van der Waals surface area contributed by atoms with Crippen molar-refractivity contribution in [1.29, 1.82) is 0 Å². The first-order chi connectivity index (χ1) is 10.2. The molecule has 116 valence electrons. The monoisotopic (exact) mass is 321 g/mol. The fraction of sp³-hybridized carbons (Fsp3) is 0.200. The summed E-state index contributed by atoms with van der Waals surface area (Å²) in [5.74, 6) is -0.311. The third-order valence-electron chi connectivity index (χ3n) is 3.07. The maximum atomic E-state index is 13.0. The summed E-state index contributed by atoms with van der Waals surface area (Å²) in [6.07, 6.45) is 1.07. The molecular formula is C15H16FN3O2S. The second-order valence-electron chi connectivity index (χ2n) is 4.96. The number of rotatable bonds is 4. The van der Waals surface area contributed by atoms with Gasteiger partial charge in [-0.2, -0.15) is 0 Å². The van der Waals surface area contributed by atoms with Gasteiger partial charge in [0, 0.05) is 12.6 Å². The fourth-order valence-electron chi connectivity index (χ4n) is 1.71. The summed E-state index contributed by atoms with van der Waals surface area (Å²) in [5, 5.41) is 0. The van der Waals surface area contributed by atoms with Crippen LogP contribution in [0.4, 0.5) is 10.3 Å². The van der Waals surface area contributed by atoms with E-state index in [1.165, 1.54) is 19.2 Å². The van der Waals surface area contributed by atoms with E-state index in [2.05, 4.69) is 16.5 Å². The van der Waals surface area contributed by atoms with Crippen LogP contribution >= 0.6 is 0 Å². The van der Waals surface area contributed by atoms with Crippen molar-refractivity contribution in [3.05, 3.63) is 48.4 Å². The number of benzene rings is 1. The summed E-state index contributed by atoms with van der Waals surface area (Å²) < 4.78 is 37.4. The molecule has 0 radical (unpaired) electrons. The van der Waals surface area contributed by atoms with E-state index in [1.807, 2.05) is 0 Å². The number of halogens is 1. The summed E-state index contributed by atoms with van der Waals surface area (Å²) >= 11 is 0. The van der Waals surface area contributed by atoms with Gasteiger partial charge in [0.15, 0.2) is 0 Å². The van der Waals surface area contributed by atoms with Gasteiger partial charge in [0.2, 0.25) is 16.0 Å². The molecule has 0 aliphatic carbocycles. The minimum absolute atomic E-state index is 0.0438. The quantitative estimate of drug-likeness (QED) is 0.868. The molecule has 7 heteroatoms. The van der Waals surface area contributed by atoms with Crippen molar-refractivity contribution in [3.63, 3.8) is 0 Å². The van der Waals surface area contributed by atoms with Crippen LogP contribution in [0.15, 0.2) is 36.9 Å². The highest BCUT2D eigenvalue weighted by Gasteiger charge is 2.17. The SMILES string of the molecule is C=C(C)c1cc(-c2ccc(F)cc2)nc(N(C)S(C)(=O)=O)n1. The van der Waals surface area contributed by atoms with Crippen LogP contribution in [0.5, 0.6) is 0 Å². The number of hydrogen-bond donors (Lipinski definition) is 0. The molecule has 0 bridgehead atoms. The number of hydrogen-bond acceptors (Lipinski definition) is 4. The van der Waals surface area contributed by atoms with Gasteiger partial charge in [-0.15, -0.1) is 0 Å². The zero-order valence-electron chi connectivity index (χ0n) is 12.5. The highest BCUT2D eigenvalue weighted by molar-refractivity contribution is 7.92. The first-order valence-corrected chi connectivity index (χ1v) is 8.28. The maximum absolute atomic E-state index is 13.0. The number of nitrogens with zero attached hydrogens (tertiary/aromatic N) is 3. The summed E-state index contributed by atoms with van der Waals surface area (Å²) in [6.45, 7) is 5.58. The standard InChI is InChI=1S/C15H16FN3O2S/c1-10(2)13-9-14(11-5-7-12(16)8-6-11)18-15(17-13)19(3)22(4,20)21/h5-9H,1H2,2-4H3. The number of anilines is 1. The molecule has 0 fully saturated rings. The molecule has 2 rings (SSSR count). The van der Waals surface area contributed by atoms with Gasteiger partial charge >= 0.3 is 0 Å². The van der Waals surface area contributed by atoms with Crippen LogP contribution in [0, 0.1) is 5.82 Å². The van der Waals surface area contributed by atoms with Gasteiger partial charge in [0.05, 0.1) is 17.6 Å². The second kappa shape index (κ2) is 5.84. The number of sulfonamides is 1. The van der Waals surface area contributed by atoms with E-state index >= 15 is 0 Å². The van der Waals surface area contributed by atoms with Gasteiger partial charge in [0.1, 0.15) is 5.82 Å². The van der Waals surface area contributed by atoms with Crippen molar-refractivity contribution in [3.8, 4) is 11.3 Å². The summed E-state index contributed by atoms with van der Waals surface area (Å²) in [5.41, 5.74) is 2.36. The van der Waals surface area contributed by atoms with E-state index in [0.29, 0.717) is 22.5 Å². The Morgan fingerprint density at radius 1 is 1.23 bits per heavy atom. The Kier molecular flexibility index (Phi) is 4.27. The van der Waals surface area contributed by atoms with E-state index in [0.717, 1.165) is 10.6 Å². The Bertz CT molecular complexity index is 817. The van der Waals surface area contributed by atoms with Crippen molar-refractivity contribution < 1.29 is 12.8 Å². The van der Waals surface area contributed by atoms with Gasteiger partial charge < -0.3 is 0 Å². The van der Waals surface area contributed by atoms with Gasteiger partial charge in [-0.3, -0.25) is 0 Å². The third kappa shape index (κ3) is 3.48. The Morgan fingerprint density at radius 3 is 2.32 bits per heavy atom. The molecule has 0 saturated heterocycles. The molecule has 0 saturated carbocycles. The molecule has 0 aliphatic heterocycles. The van der Waals surface area contributed by atoms with Crippen molar-refractivity contribution in [2.75, 3.05) is 17.6 Å². The van der Waals surface area contributed by atoms with Crippen LogP contribution in [-0.4, -0.2) is 31.7 Å². The lowest BCUT2D eigenvalue weighted by atomic mass is 10.1. The predicted molar refractivity (Wildman–Crippen MR) is 85.4 cm³/mol. The van der Waals surface area contributed by atoms with E-state index in [9.17, 15) is 12.8 Å². The highest BCUT2D eigenvalue weighted by Crippen LogP contribution is 2.24. The average Bonchev–Trinajstić information content (AvgIpc) is 2.45. The zero-order valence-corrected chi connectivity index (χ0v) is 13.4. The van der Waals surface area contributed by atoms with E-state index in [-0.39, 0.29) is 11.8 Å². The van der Waals surface area contributed by atoms with Crippen LogP contribution in [-0.2, 0) is 10.0 Å². The molecule has 1 aromatic heterocycles. The highest BCUT2D eigenvalue weighted by atomic mass is 32.2. The third-order valence-corrected chi connectivity index (χ3v) is 4.23. The summed E-state index contributed by atoms with van der Waals surface area (Å²) in [7, 11) is -2.11. The van der Waals surface area contributed by atoms with Crippen molar-refractivity contribution in [2.24, 2.45) is 0 Å². The first kappa shape index (κ1) is 16.1. The van der Waals surface area contributed by atoms with Gasteiger partial charge in [0.25, 0.3) is 0 Å². The maximum Gasteiger partial charge on any atom is 0.240 e. The molecule has 0 atom stereocenters. The molecule has 0 unspecified atom stereocenters. The summed E-state index contributed by atoms with van der Waals surface area (Å²) in [4.78, 5) is 8.46. The fourth-order valence-corrected chi connectivity index (χ4v) is 2.09. The van der Waals surface area contributed by atoms with E-state index in [1.54, 1.807) is 25.1 Å². The Morgan fingerprint density at radius 2 is 1.82 bits per heavy atom. The molecule has 0 amide bonds. The van der Waals surface area contributed by atoms with Crippen LogP contribution in [0.2, 0.25) is 0 Å². The topological polar surface area (TPSA) is 63.2 Å². The number of aromatic nitrogens is 2. The number of allylic oxidation sites excluding steroid dienone is 1. The Hall–Kier alpha value is -2.28. The van der Waals surface area contributed by atoms with Gasteiger partial charge in [-0.05, 0) is 42.8 Å². The molecule has 0 aliphatic rings. The van der Waals surface area contributed by atoms with Crippen molar-refractivity contribution >= 4 is 21.5 Å². The molecule has 0 spiro atoms. The lowest BCUT2D eigenvalue weighted by Gasteiger charge is -2.16. The predicted octanol–water partition coefficient (Wildman–Crippen LogP) is 2.71. The van der Waals surface area contributed by atoms with Crippen molar-refractivity contribution in [1.82, 2.24) is 9.97 Å². The Balaban J connectivity index is 2.62. The molecule has 22 heavy (non-hydrogen) atoms. The zero-order chi connectivity index (χ0) is 16.5. The van der Waals surface area contributed by atoms with E-state index < -0.39 is 10.0 Å². The average molecular weight is 321 g/mol. The molecule has 1 heterocycles. The minimum Gasteiger partial charge on any atom is -0.241 e. The van der Waals surface area contributed by atoms with Gasteiger partial charge in [-0.25, -0.2) is 27.1 Å². The molecule has 5 nitrogen and oxygen atoms in total. The summed E-state index contributed by atoms with van der Waals surface area (Å²) in [6, 6.07) is 7.47. The Labute approximate surface area is 129 Å². The van der Waals surface area contributed by atoms with Crippen LogP contribution in [0.1, 0.15) is 12.6 Å². The van der Waals surface area contributed by atoms with Crippen LogP contribution < -0.4 is 4.31 Å². The second-order valence-corrected chi connectivity index (χ2v) is 6.97. The van der Waals surface area contributed by atoms with Gasteiger partial charge in [-0.1, -0.05) is 6.58 Å². The smallest absolute Gasteiger partial charge is 0.240 e. The largest absolute Gasteiger partial charge is 0.241 e. The van der Waals surface area contributed by atoms with Crippen LogP contribution in [0.3, 0.4) is 0 Å². The lowest BCUT2D eigenvalue weighted by Crippen LogP contribution is -2.27.